The molecule has 0 saturated heterocycles. The molecule has 1 rings (SSSR count). The molecule has 0 spiro atoms. The fraction of sp³-hybridized carbons (Fsp3) is 0.800. The maximum absolute atomic E-state index is 9.38. The normalized spacial score (nSPS) is 17.4. The molecular formula is C10H18N2O3. The van der Waals surface area contributed by atoms with Crippen LogP contribution in [0.25, 0.3) is 0 Å². The van der Waals surface area contributed by atoms with Crippen molar-refractivity contribution in [3.63, 3.8) is 0 Å². The summed E-state index contributed by atoms with van der Waals surface area (Å²) in [5, 5.41) is 13.2. The number of hydrogen-bond acceptors (Lipinski definition) is 5. The van der Waals surface area contributed by atoms with Crippen LogP contribution in [0.2, 0.25) is 0 Å². The van der Waals surface area contributed by atoms with Gasteiger partial charge in [0.2, 0.25) is 11.7 Å². The van der Waals surface area contributed by atoms with Crippen LogP contribution in [0.3, 0.4) is 0 Å². The van der Waals surface area contributed by atoms with E-state index >= 15 is 0 Å². The second kappa shape index (κ2) is 5.23. The van der Waals surface area contributed by atoms with Crippen LogP contribution >= 0.6 is 0 Å². The van der Waals surface area contributed by atoms with Gasteiger partial charge in [-0.1, -0.05) is 19.0 Å². The molecule has 0 aliphatic heterocycles. The van der Waals surface area contributed by atoms with Gasteiger partial charge < -0.3 is 14.4 Å². The zero-order valence-corrected chi connectivity index (χ0v) is 9.60. The molecule has 5 nitrogen and oxygen atoms in total. The van der Waals surface area contributed by atoms with E-state index in [4.69, 9.17) is 9.26 Å². The highest BCUT2D eigenvalue weighted by molar-refractivity contribution is 4.96. The predicted molar refractivity (Wildman–Crippen MR) is 54.4 cm³/mol. The van der Waals surface area contributed by atoms with Gasteiger partial charge in [-0.25, -0.2) is 0 Å². The van der Waals surface area contributed by atoms with Crippen LogP contribution in [-0.2, 0) is 4.74 Å². The maximum atomic E-state index is 9.38. The van der Waals surface area contributed by atoms with Gasteiger partial charge >= 0.3 is 0 Å². The van der Waals surface area contributed by atoms with E-state index in [0.717, 1.165) is 6.42 Å². The average Bonchev–Trinajstić information content (AvgIpc) is 2.67. The summed E-state index contributed by atoms with van der Waals surface area (Å²) in [6, 6.07) is 0. The molecule has 3 unspecified atom stereocenters. The van der Waals surface area contributed by atoms with Crippen molar-refractivity contribution in [3.05, 3.63) is 11.7 Å². The molecule has 15 heavy (non-hydrogen) atoms. The smallest absolute Gasteiger partial charge is 0.232 e. The molecule has 86 valence electrons. The summed E-state index contributed by atoms with van der Waals surface area (Å²) in [4.78, 5) is 4.21. The van der Waals surface area contributed by atoms with E-state index in [0.29, 0.717) is 11.7 Å². The lowest BCUT2D eigenvalue weighted by atomic mass is 10.1. The lowest BCUT2D eigenvalue weighted by Crippen LogP contribution is -2.11. The minimum absolute atomic E-state index is 0.135. The fourth-order valence-corrected chi connectivity index (χ4v) is 1.22. The molecule has 1 heterocycles. The van der Waals surface area contributed by atoms with Gasteiger partial charge in [-0.3, -0.25) is 0 Å². The van der Waals surface area contributed by atoms with Crippen molar-refractivity contribution in [2.75, 3.05) is 7.11 Å². The number of aromatic nitrogens is 2. The topological polar surface area (TPSA) is 68.4 Å². The average molecular weight is 214 g/mol. The zero-order valence-electron chi connectivity index (χ0n) is 9.60. The molecule has 0 radical (unpaired) electrons. The Morgan fingerprint density at radius 1 is 1.47 bits per heavy atom. The summed E-state index contributed by atoms with van der Waals surface area (Å²) in [5.41, 5.74) is 0. The summed E-state index contributed by atoms with van der Waals surface area (Å²) in [5.74, 6) is 0.846. The highest BCUT2D eigenvalue weighted by Crippen LogP contribution is 2.21. The summed E-state index contributed by atoms with van der Waals surface area (Å²) in [7, 11) is 1.61. The fourth-order valence-electron chi connectivity index (χ4n) is 1.22. The summed E-state index contributed by atoms with van der Waals surface area (Å²) in [6.45, 7) is 5.53. The predicted octanol–water partition coefficient (Wildman–Crippen LogP) is 1.65. The Labute approximate surface area is 89.4 Å². The maximum Gasteiger partial charge on any atom is 0.232 e. The second-order valence-corrected chi connectivity index (χ2v) is 3.65. The standard InChI is InChI=1S/C10H18N2O3/c1-5-8(14-4)9-11-10(15-12-9)6(2)7(3)13/h6-8,13H,5H2,1-4H3. The Balaban J connectivity index is 2.79. The van der Waals surface area contributed by atoms with E-state index in [1.54, 1.807) is 14.0 Å². The molecule has 0 amide bonds. The SMILES string of the molecule is CCC(OC)c1noc(C(C)C(C)O)n1. The lowest BCUT2D eigenvalue weighted by Gasteiger charge is -2.09. The van der Waals surface area contributed by atoms with E-state index < -0.39 is 6.10 Å². The van der Waals surface area contributed by atoms with Crippen LogP contribution in [0.15, 0.2) is 4.52 Å². The Bertz CT molecular complexity index is 278. The molecule has 1 aromatic heterocycles. The Morgan fingerprint density at radius 2 is 2.13 bits per heavy atom. The number of ether oxygens (including phenoxy) is 1. The van der Waals surface area contributed by atoms with Crippen molar-refractivity contribution < 1.29 is 14.4 Å². The van der Waals surface area contributed by atoms with Gasteiger partial charge in [0, 0.05) is 7.11 Å². The zero-order chi connectivity index (χ0) is 11.4. The van der Waals surface area contributed by atoms with Crippen LogP contribution in [0, 0.1) is 0 Å². The van der Waals surface area contributed by atoms with Gasteiger partial charge in [0.15, 0.2) is 0 Å². The Morgan fingerprint density at radius 3 is 2.60 bits per heavy atom. The van der Waals surface area contributed by atoms with Crippen molar-refractivity contribution in [2.24, 2.45) is 0 Å². The van der Waals surface area contributed by atoms with Crippen LogP contribution in [0.5, 0.6) is 0 Å². The molecule has 1 N–H and O–H groups in total. The molecule has 0 saturated carbocycles. The molecule has 3 atom stereocenters. The van der Waals surface area contributed by atoms with Crippen molar-refractivity contribution >= 4 is 0 Å². The first-order valence-electron chi connectivity index (χ1n) is 5.14. The van der Waals surface area contributed by atoms with Gasteiger partial charge in [-0.2, -0.15) is 4.98 Å². The van der Waals surface area contributed by atoms with Gasteiger partial charge in [-0.15, -0.1) is 0 Å². The third kappa shape index (κ3) is 2.76. The third-order valence-corrected chi connectivity index (χ3v) is 2.51. The van der Waals surface area contributed by atoms with Crippen molar-refractivity contribution in [3.8, 4) is 0 Å². The number of rotatable bonds is 5. The van der Waals surface area contributed by atoms with Crippen LogP contribution in [-0.4, -0.2) is 28.5 Å². The van der Waals surface area contributed by atoms with Crippen LogP contribution < -0.4 is 0 Å². The number of hydrogen-bond donors (Lipinski definition) is 1. The first kappa shape index (κ1) is 12.1. The van der Waals surface area contributed by atoms with E-state index in [1.165, 1.54) is 0 Å². The van der Waals surface area contributed by atoms with Crippen molar-refractivity contribution in [1.82, 2.24) is 10.1 Å². The highest BCUT2D eigenvalue weighted by atomic mass is 16.5. The minimum Gasteiger partial charge on any atom is -0.393 e. The number of methoxy groups -OCH3 is 1. The van der Waals surface area contributed by atoms with E-state index in [2.05, 4.69) is 10.1 Å². The Hall–Kier alpha value is -0.940. The third-order valence-electron chi connectivity index (χ3n) is 2.51. The summed E-state index contributed by atoms with van der Waals surface area (Å²) in [6.07, 6.45) is 0.156. The van der Waals surface area contributed by atoms with Gasteiger partial charge in [0.1, 0.15) is 6.10 Å². The monoisotopic (exact) mass is 214 g/mol. The van der Waals surface area contributed by atoms with Gasteiger partial charge in [0.05, 0.1) is 12.0 Å². The summed E-state index contributed by atoms with van der Waals surface area (Å²) < 4.78 is 10.3. The molecule has 0 bridgehead atoms. The molecule has 0 aliphatic carbocycles. The number of nitrogens with zero attached hydrogens (tertiary/aromatic N) is 2. The molecule has 0 fully saturated rings. The van der Waals surface area contributed by atoms with E-state index in [1.807, 2.05) is 13.8 Å². The van der Waals surface area contributed by atoms with Crippen LogP contribution in [0.4, 0.5) is 0 Å². The van der Waals surface area contributed by atoms with Crippen molar-refractivity contribution in [1.29, 1.82) is 0 Å². The van der Waals surface area contributed by atoms with E-state index in [9.17, 15) is 5.11 Å². The van der Waals surface area contributed by atoms with Gasteiger partial charge in [0.25, 0.3) is 0 Å². The molecule has 0 aliphatic rings. The van der Waals surface area contributed by atoms with E-state index in [-0.39, 0.29) is 12.0 Å². The molecular weight excluding hydrogens is 196 g/mol. The number of aliphatic hydroxyl groups excluding tert-OH is 1. The number of aliphatic hydroxyl groups is 1. The molecule has 0 aromatic carbocycles. The molecule has 1 aromatic rings. The minimum atomic E-state index is -0.499. The molecule has 5 heteroatoms. The van der Waals surface area contributed by atoms with Gasteiger partial charge in [-0.05, 0) is 13.3 Å². The Kier molecular flexibility index (Phi) is 4.23. The quantitative estimate of drug-likeness (QED) is 0.807. The second-order valence-electron chi connectivity index (χ2n) is 3.65. The van der Waals surface area contributed by atoms with Crippen LogP contribution in [0.1, 0.15) is 50.9 Å². The first-order chi connectivity index (χ1) is 7.10. The highest BCUT2D eigenvalue weighted by Gasteiger charge is 2.21. The first-order valence-corrected chi connectivity index (χ1v) is 5.14. The summed E-state index contributed by atoms with van der Waals surface area (Å²) >= 11 is 0. The van der Waals surface area contributed by atoms with Crippen molar-refractivity contribution in [2.45, 2.75) is 45.3 Å². The largest absolute Gasteiger partial charge is 0.393 e. The lowest BCUT2D eigenvalue weighted by molar-refractivity contribution is 0.0903.